The molecule has 2 aromatic carbocycles. The molecule has 1 atom stereocenters. The molecule has 0 bridgehead atoms. The Morgan fingerprint density at radius 2 is 2.10 bits per heavy atom. The first-order valence-corrected chi connectivity index (χ1v) is 10.8. The van der Waals surface area contributed by atoms with Gasteiger partial charge in [0.15, 0.2) is 5.82 Å². The van der Waals surface area contributed by atoms with Gasteiger partial charge in [0.1, 0.15) is 11.3 Å². The molecule has 2 aromatic heterocycles. The van der Waals surface area contributed by atoms with Gasteiger partial charge in [-0.15, -0.1) is 0 Å². The van der Waals surface area contributed by atoms with Crippen molar-refractivity contribution >= 4 is 34.3 Å². The largest absolute Gasteiger partial charge is 0.456 e. The van der Waals surface area contributed by atoms with Gasteiger partial charge in [-0.2, -0.15) is 5.10 Å². The van der Waals surface area contributed by atoms with Crippen molar-refractivity contribution in [2.75, 3.05) is 11.9 Å². The van der Waals surface area contributed by atoms with Crippen molar-refractivity contribution in [3.8, 4) is 11.3 Å². The Balaban J connectivity index is 1.43. The lowest BCUT2D eigenvalue weighted by molar-refractivity contribution is -0.117. The Kier molecular flexibility index (Phi) is 5.26. The van der Waals surface area contributed by atoms with E-state index in [2.05, 4.69) is 15.7 Å². The first kappa shape index (κ1) is 19.8. The molecule has 2 N–H and O–H groups in total. The maximum Gasteiger partial charge on any atom is 0.242 e. The third kappa shape index (κ3) is 4.09. The van der Waals surface area contributed by atoms with E-state index in [1.165, 1.54) is 0 Å². The number of aromatic nitrogens is 2. The van der Waals surface area contributed by atoms with E-state index in [1.54, 1.807) is 0 Å². The van der Waals surface area contributed by atoms with Crippen molar-refractivity contribution in [1.82, 2.24) is 15.1 Å². The standard InChI is InChI=1S/C24H23ClN4O2/c1-15-10-22(27-24(30)20-8-5-9-26-20)28-29(15)14-18-12-19(25)11-17-13-21(31-23(17)18)16-6-3-2-4-7-16/h2-4,6-7,10-13,20,26H,5,8-9,14H2,1H3,(H,27,28,30)/t20-/m0/s1. The summed E-state index contributed by atoms with van der Waals surface area (Å²) < 4.78 is 8.07. The smallest absolute Gasteiger partial charge is 0.242 e. The number of amides is 1. The Morgan fingerprint density at radius 1 is 1.26 bits per heavy atom. The van der Waals surface area contributed by atoms with E-state index in [4.69, 9.17) is 16.0 Å². The van der Waals surface area contributed by atoms with E-state index in [9.17, 15) is 4.79 Å². The van der Waals surface area contributed by atoms with Gasteiger partial charge < -0.3 is 15.1 Å². The molecule has 31 heavy (non-hydrogen) atoms. The lowest BCUT2D eigenvalue weighted by Gasteiger charge is -2.09. The van der Waals surface area contributed by atoms with E-state index < -0.39 is 0 Å². The minimum absolute atomic E-state index is 0.0363. The van der Waals surface area contributed by atoms with Crippen molar-refractivity contribution in [1.29, 1.82) is 0 Å². The van der Waals surface area contributed by atoms with Crippen LogP contribution in [0.1, 0.15) is 24.1 Å². The van der Waals surface area contributed by atoms with E-state index in [0.717, 1.165) is 52.9 Å². The number of nitrogens with one attached hydrogen (secondary N) is 2. The van der Waals surface area contributed by atoms with Gasteiger partial charge >= 0.3 is 0 Å². The predicted molar refractivity (Wildman–Crippen MR) is 122 cm³/mol. The summed E-state index contributed by atoms with van der Waals surface area (Å²) in [4.78, 5) is 12.4. The first-order valence-electron chi connectivity index (χ1n) is 10.4. The summed E-state index contributed by atoms with van der Waals surface area (Å²) in [5.74, 6) is 1.32. The quantitative estimate of drug-likeness (QED) is 0.463. The lowest BCUT2D eigenvalue weighted by atomic mass is 10.1. The first-order chi connectivity index (χ1) is 15.1. The zero-order valence-corrected chi connectivity index (χ0v) is 17.9. The van der Waals surface area contributed by atoms with Crippen LogP contribution in [0.15, 0.2) is 59.0 Å². The molecule has 0 unspecified atom stereocenters. The van der Waals surface area contributed by atoms with Crippen LogP contribution in [0.3, 0.4) is 0 Å². The molecule has 0 saturated carbocycles. The Hall–Kier alpha value is -3.09. The molecule has 5 rings (SSSR count). The highest BCUT2D eigenvalue weighted by molar-refractivity contribution is 6.31. The molecule has 1 fully saturated rings. The summed E-state index contributed by atoms with van der Waals surface area (Å²) >= 11 is 6.40. The predicted octanol–water partition coefficient (Wildman–Crippen LogP) is 5.00. The summed E-state index contributed by atoms with van der Waals surface area (Å²) in [7, 11) is 0. The second-order valence-electron chi connectivity index (χ2n) is 7.93. The molecule has 3 heterocycles. The van der Waals surface area contributed by atoms with E-state index >= 15 is 0 Å². The minimum atomic E-state index is -0.141. The van der Waals surface area contributed by atoms with Crippen molar-refractivity contribution < 1.29 is 9.21 Å². The average Bonchev–Trinajstić information content (AvgIpc) is 3.49. The molecule has 1 amide bonds. The third-order valence-corrected chi connectivity index (χ3v) is 5.86. The van der Waals surface area contributed by atoms with Crippen LogP contribution in [-0.2, 0) is 11.3 Å². The van der Waals surface area contributed by atoms with Gasteiger partial charge in [0.25, 0.3) is 0 Å². The summed E-state index contributed by atoms with van der Waals surface area (Å²) in [6.07, 6.45) is 1.87. The van der Waals surface area contributed by atoms with Crippen molar-refractivity contribution in [2.24, 2.45) is 0 Å². The monoisotopic (exact) mass is 434 g/mol. The highest BCUT2D eigenvalue weighted by atomic mass is 35.5. The molecule has 0 spiro atoms. The van der Waals surface area contributed by atoms with Crippen molar-refractivity contribution in [3.05, 3.63) is 70.9 Å². The van der Waals surface area contributed by atoms with Crippen LogP contribution in [0.5, 0.6) is 0 Å². The number of carbonyl (C=O) groups is 1. The normalized spacial score (nSPS) is 16.1. The number of rotatable bonds is 5. The second-order valence-corrected chi connectivity index (χ2v) is 8.36. The van der Waals surface area contributed by atoms with Crippen LogP contribution in [0.4, 0.5) is 5.82 Å². The summed E-state index contributed by atoms with van der Waals surface area (Å²) in [6, 6.07) is 17.6. The topological polar surface area (TPSA) is 72.1 Å². The second kappa shape index (κ2) is 8.21. The molecular weight excluding hydrogens is 412 g/mol. The van der Waals surface area contributed by atoms with Gasteiger partial charge in [0, 0.05) is 33.3 Å². The summed E-state index contributed by atoms with van der Waals surface area (Å²) in [5.41, 5.74) is 3.68. The van der Waals surface area contributed by atoms with Crippen molar-refractivity contribution in [2.45, 2.75) is 32.4 Å². The molecule has 0 aliphatic carbocycles. The number of benzene rings is 2. The zero-order chi connectivity index (χ0) is 21.4. The summed E-state index contributed by atoms with van der Waals surface area (Å²) in [6.45, 7) is 3.34. The van der Waals surface area contributed by atoms with E-state index in [1.807, 2.05) is 66.2 Å². The molecular formula is C24H23ClN4O2. The number of hydrogen-bond donors (Lipinski definition) is 2. The van der Waals surface area contributed by atoms with Crippen LogP contribution >= 0.6 is 11.6 Å². The van der Waals surface area contributed by atoms with Gasteiger partial charge in [-0.3, -0.25) is 9.48 Å². The molecule has 158 valence electrons. The van der Waals surface area contributed by atoms with Crippen LogP contribution in [0.25, 0.3) is 22.3 Å². The van der Waals surface area contributed by atoms with Gasteiger partial charge in [-0.25, -0.2) is 0 Å². The molecule has 7 heteroatoms. The number of halogens is 1. The number of fused-ring (bicyclic) bond motifs is 1. The van der Waals surface area contributed by atoms with Gasteiger partial charge in [-0.1, -0.05) is 41.9 Å². The number of anilines is 1. The van der Waals surface area contributed by atoms with E-state index in [-0.39, 0.29) is 11.9 Å². The number of aryl methyl sites for hydroxylation is 1. The Labute approximate surface area is 185 Å². The molecule has 6 nitrogen and oxygen atoms in total. The van der Waals surface area contributed by atoms with Gasteiger partial charge in [-0.05, 0) is 44.5 Å². The van der Waals surface area contributed by atoms with E-state index in [0.29, 0.717) is 17.4 Å². The highest BCUT2D eigenvalue weighted by Gasteiger charge is 2.23. The van der Waals surface area contributed by atoms with Crippen LogP contribution in [0.2, 0.25) is 5.02 Å². The molecule has 1 aliphatic rings. The molecule has 1 saturated heterocycles. The summed E-state index contributed by atoms with van der Waals surface area (Å²) in [5, 5.41) is 12.3. The SMILES string of the molecule is Cc1cc(NC(=O)[C@@H]2CCCN2)nn1Cc1cc(Cl)cc2cc(-c3ccccc3)oc12. The fraction of sp³-hybridized carbons (Fsp3) is 0.250. The lowest BCUT2D eigenvalue weighted by Crippen LogP contribution is -2.35. The van der Waals surface area contributed by atoms with Crippen LogP contribution < -0.4 is 10.6 Å². The maximum absolute atomic E-state index is 12.4. The number of carbonyl (C=O) groups excluding carboxylic acids is 1. The van der Waals surface area contributed by atoms with Gasteiger partial charge in [0.2, 0.25) is 5.91 Å². The number of nitrogens with zero attached hydrogens (tertiary/aromatic N) is 2. The maximum atomic E-state index is 12.4. The average molecular weight is 435 g/mol. The zero-order valence-electron chi connectivity index (χ0n) is 17.2. The Bertz CT molecular complexity index is 1240. The molecule has 0 radical (unpaired) electrons. The fourth-order valence-electron chi connectivity index (χ4n) is 4.06. The molecule has 1 aliphatic heterocycles. The molecule has 4 aromatic rings. The minimum Gasteiger partial charge on any atom is -0.456 e. The number of furan rings is 1. The van der Waals surface area contributed by atoms with Crippen molar-refractivity contribution in [3.63, 3.8) is 0 Å². The Morgan fingerprint density at radius 3 is 2.87 bits per heavy atom. The number of hydrogen-bond acceptors (Lipinski definition) is 4. The third-order valence-electron chi connectivity index (χ3n) is 5.65. The van der Waals surface area contributed by atoms with Crippen LogP contribution in [0, 0.1) is 6.92 Å². The highest BCUT2D eigenvalue weighted by Crippen LogP contribution is 2.32. The fourth-order valence-corrected chi connectivity index (χ4v) is 4.31. The van der Waals surface area contributed by atoms with Crippen LogP contribution in [-0.4, -0.2) is 28.3 Å². The van der Waals surface area contributed by atoms with Gasteiger partial charge in [0.05, 0.1) is 12.6 Å².